The largest absolute Gasteiger partial charge is 0.484 e. The minimum atomic E-state index is -0.328. The Morgan fingerprint density at radius 2 is 1.80 bits per heavy atom. The fraction of sp³-hybridized carbons (Fsp3) is 0.133. The number of carbonyl (C=O) groups excluding carboxylic acids is 1. The quantitative estimate of drug-likeness (QED) is 0.821. The van der Waals surface area contributed by atoms with Crippen molar-refractivity contribution >= 4 is 29.0 Å². The van der Waals surface area contributed by atoms with Crippen molar-refractivity contribution in [3.63, 3.8) is 0 Å². The van der Waals surface area contributed by atoms with Gasteiger partial charge < -0.3 is 4.74 Å². The van der Waals surface area contributed by atoms with E-state index in [1.165, 1.54) is 12.1 Å². The topological polar surface area (TPSA) is 26.3 Å². The number of hydrogen-bond acceptors (Lipinski definition) is 2. The molecule has 2 rings (SSSR count). The third kappa shape index (κ3) is 4.22. The Morgan fingerprint density at radius 1 is 1.10 bits per heavy atom. The van der Waals surface area contributed by atoms with E-state index in [4.69, 9.17) is 27.9 Å². The van der Waals surface area contributed by atoms with Gasteiger partial charge in [-0.25, -0.2) is 4.39 Å². The molecule has 0 amide bonds. The van der Waals surface area contributed by atoms with Crippen LogP contribution in [0.25, 0.3) is 0 Å². The Hall–Kier alpha value is -1.58. The average molecular weight is 313 g/mol. The monoisotopic (exact) mass is 312 g/mol. The maximum Gasteiger partial charge on any atom is 0.174 e. The molecule has 2 nitrogen and oxygen atoms in total. The number of carbonyl (C=O) groups is 1. The predicted molar refractivity (Wildman–Crippen MR) is 77.1 cm³/mol. The van der Waals surface area contributed by atoms with Gasteiger partial charge in [0.2, 0.25) is 0 Å². The van der Waals surface area contributed by atoms with Gasteiger partial charge in [-0.3, -0.25) is 4.79 Å². The summed E-state index contributed by atoms with van der Waals surface area (Å²) in [6.45, 7) is -0.0985. The number of halogens is 3. The van der Waals surface area contributed by atoms with Crippen molar-refractivity contribution in [3.05, 3.63) is 63.9 Å². The van der Waals surface area contributed by atoms with Crippen LogP contribution in [0.1, 0.15) is 5.56 Å². The maximum atomic E-state index is 12.7. The van der Waals surface area contributed by atoms with E-state index in [0.717, 1.165) is 5.56 Å². The lowest BCUT2D eigenvalue weighted by Crippen LogP contribution is -2.14. The molecule has 0 saturated carbocycles. The second kappa shape index (κ2) is 6.73. The van der Waals surface area contributed by atoms with Crippen LogP contribution in [-0.4, -0.2) is 12.4 Å². The van der Waals surface area contributed by atoms with Crippen LogP contribution in [0, 0.1) is 5.82 Å². The molecular weight excluding hydrogens is 302 g/mol. The summed E-state index contributed by atoms with van der Waals surface area (Å²) in [5.74, 6) is -0.0449. The van der Waals surface area contributed by atoms with Crippen LogP contribution in [0.2, 0.25) is 10.0 Å². The summed E-state index contributed by atoms with van der Waals surface area (Å²) in [5, 5.41) is 0.854. The van der Waals surface area contributed by atoms with Crippen molar-refractivity contribution in [3.8, 4) is 5.75 Å². The molecule has 2 aromatic rings. The number of ketones is 1. The highest BCUT2D eigenvalue weighted by molar-refractivity contribution is 6.35. The minimum Gasteiger partial charge on any atom is -0.484 e. The molecule has 0 spiro atoms. The van der Waals surface area contributed by atoms with Crippen molar-refractivity contribution in [2.24, 2.45) is 0 Å². The second-order valence-corrected chi connectivity index (χ2v) is 5.05. The number of hydrogen-bond donors (Lipinski definition) is 0. The highest BCUT2D eigenvalue weighted by Gasteiger charge is 2.08. The van der Waals surface area contributed by atoms with Gasteiger partial charge in [-0.1, -0.05) is 35.3 Å². The maximum absolute atomic E-state index is 12.7. The summed E-state index contributed by atoms with van der Waals surface area (Å²) >= 11 is 11.7. The number of ether oxygens (including phenoxy) is 1. The Labute approximate surface area is 126 Å². The molecule has 0 aliphatic heterocycles. The van der Waals surface area contributed by atoms with Crippen LogP contribution >= 0.6 is 23.2 Å². The normalized spacial score (nSPS) is 10.3. The lowest BCUT2D eigenvalue weighted by Gasteiger charge is -2.07. The average Bonchev–Trinajstić information content (AvgIpc) is 2.40. The Bertz CT molecular complexity index is 612. The molecule has 20 heavy (non-hydrogen) atoms. The lowest BCUT2D eigenvalue weighted by molar-refractivity contribution is -0.120. The standard InChI is InChI=1S/C15H11Cl2FO2/c16-11-3-6-15(14(17)8-11)20-9-13(19)7-10-1-4-12(18)5-2-10/h1-6,8H,7,9H2. The summed E-state index contributed by atoms with van der Waals surface area (Å²) < 4.78 is 18.1. The van der Waals surface area contributed by atoms with Gasteiger partial charge in [0.15, 0.2) is 5.78 Å². The van der Waals surface area contributed by atoms with E-state index >= 15 is 0 Å². The molecule has 0 unspecified atom stereocenters. The molecule has 0 aliphatic carbocycles. The van der Waals surface area contributed by atoms with Crippen LogP contribution in [-0.2, 0) is 11.2 Å². The van der Waals surface area contributed by atoms with Gasteiger partial charge in [-0.15, -0.1) is 0 Å². The first-order chi connectivity index (χ1) is 9.54. The smallest absolute Gasteiger partial charge is 0.174 e. The van der Waals surface area contributed by atoms with E-state index in [1.54, 1.807) is 30.3 Å². The van der Waals surface area contributed by atoms with Crippen molar-refractivity contribution in [1.82, 2.24) is 0 Å². The summed E-state index contributed by atoms with van der Waals surface area (Å²) in [6.07, 6.45) is 0.186. The second-order valence-electron chi connectivity index (χ2n) is 4.21. The zero-order valence-corrected chi connectivity index (χ0v) is 11.9. The van der Waals surface area contributed by atoms with E-state index in [2.05, 4.69) is 0 Å². The van der Waals surface area contributed by atoms with Gasteiger partial charge in [-0.2, -0.15) is 0 Å². The van der Waals surface area contributed by atoms with Crippen molar-refractivity contribution in [1.29, 1.82) is 0 Å². The van der Waals surface area contributed by atoms with Gasteiger partial charge >= 0.3 is 0 Å². The molecule has 0 bridgehead atoms. The third-order valence-electron chi connectivity index (χ3n) is 2.60. The van der Waals surface area contributed by atoms with Crippen LogP contribution in [0.4, 0.5) is 4.39 Å². The molecule has 0 saturated heterocycles. The molecule has 0 fully saturated rings. The SMILES string of the molecule is O=C(COc1ccc(Cl)cc1Cl)Cc1ccc(F)cc1. The molecule has 0 aliphatic rings. The summed E-state index contributed by atoms with van der Waals surface area (Å²) in [7, 11) is 0. The highest BCUT2D eigenvalue weighted by Crippen LogP contribution is 2.27. The number of rotatable bonds is 5. The van der Waals surface area contributed by atoms with E-state index in [1.807, 2.05) is 0 Å². The Kier molecular flexibility index (Phi) is 4.99. The molecular formula is C15H11Cl2FO2. The van der Waals surface area contributed by atoms with Crippen LogP contribution < -0.4 is 4.74 Å². The van der Waals surface area contributed by atoms with Gasteiger partial charge in [-0.05, 0) is 35.9 Å². The first kappa shape index (κ1) is 14.8. The summed E-state index contributed by atoms with van der Waals surface area (Å²) in [6, 6.07) is 10.6. The Balaban J connectivity index is 1.90. The van der Waals surface area contributed by atoms with Crippen molar-refractivity contribution in [2.45, 2.75) is 6.42 Å². The molecule has 0 radical (unpaired) electrons. The van der Waals surface area contributed by atoms with E-state index < -0.39 is 0 Å². The van der Waals surface area contributed by atoms with Gasteiger partial charge in [0, 0.05) is 11.4 Å². The fourth-order valence-corrected chi connectivity index (χ4v) is 2.09. The third-order valence-corrected chi connectivity index (χ3v) is 3.13. The first-order valence-electron chi connectivity index (χ1n) is 5.88. The minimum absolute atomic E-state index is 0.0985. The number of benzene rings is 2. The molecule has 104 valence electrons. The van der Waals surface area contributed by atoms with Crippen molar-refractivity contribution < 1.29 is 13.9 Å². The summed E-state index contributed by atoms with van der Waals surface area (Å²) in [4.78, 5) is 11.8. The van der Waals surface area contributed by atoms with Crippen LogP contribution in [0.5, 0.6) is 5.75 Å². The predicted octanol–water partition coefficient (Wildman–Crippen LogP) is 4.32. The van der Waals surface area contributed by atoms with Gasteiger partial charge in [0.05, 0.1) is 5.02 Å². The first-order valence-corrected chi connectivity index (χ1v) is 6.64. The molecule has 2 aromatic carbocycles. The molecule has 0 aromatic heterocycles. The van der Waals surface area contributed by atoms with E-state index in [9.17, 15) is 9.18 Å². The lowest BCUT2D eigenvalue weighted by atomic mass is 10.1. The fourth-order valence-electron chi connectivity index (χ4n) is 1.63. The Morgan fingerprint density at radius 3 is 2.45 bits per heavy atom. The molecule has 0 N–H and O–H groups in total. The van der Waals surface area contributed by atoms with Crippen LogP contribution in [0.3, 0.4) is 0 Å². The molecule has 0 heterocycles. The van der Waals surface area contributed by atoms with Gasteiger partial charge in [0.25, 0.3) is 0 Å². The van der Waals surface area contributed by atoms with Crippen LogP contribution in [0.15, 0.2) is 42.5 Å². The summed E-state index contributed by atoms with van der Waals surface area (Å²) in [5.41, 5.74) is 0.738. The number of Topliss-reactive ketones (excluding diaryl/α,β-unsaturated/α-hetero) is 1. The molecule has 0 atom stereocenters. The van der Waals surface area contributed by atoms with E-state index in [0.29, 0.717) is 15.8 Å². The van der Waals surface area contributed by atoms with Gasteiger partial charge in [0.1, 0.15) is 18.2 Å². The molecule has 5 heteroatoms. The zero-order chi connectivity index (χ0) is 14.5. The van der Waals surface area contributed by atoms with Crippen molar-refractivity contribution in [2.75, 3.05) is 6.61 Å². The van der Waals surface area contributed by atoms with E-state index in [-0.39, 0.29) is 24.6 Å². The zero-order valence-electron chi connectivity index (χ0n) is 10.4. The highest BCUT2D eigenvalue weighted by atomic mass is 35.5.